The highest BCUT2D eigenvalue weighted by Gasteiger charge is 2.55. The van der Waals surface area contributed by atoms with Gasteiger partial charge in [0.05, 0.1) is 10.7 Å². The molecule has 174 valence electrons. The van der Waals surface area contributed by atoms with Crippen LogP contribution in [0.25, 0.3) is 0 Å². The third kappa shape index (κ3) is 4.49. The maximum atomic E-state index is 14.1. The van der Waals surface area contributed by atoms with Gasteiger partial charge in [-0.05, 0) is 36.1 Å². The van der Waals surface area contributed by atoms with Crippen molar-refractivity contribution in [3.63, 3.8) is 0 Å². The number of aromatic nitrogens is 3. The molecular weight excluding hydrogens is 451 g/mol. The maximum Gasteiger partial charge on any atom is 0.420 e. The van der Waals surface area contributed by atoms with E-state index in [1.165, 1.54) is 24.0 Å². The minimum Gasteiger partial charge on any atom is -0.321 e. The molecule has 0 aromatic carbocycles. The van der Waals surface area contributed by atoms with E-state index in [2.05, 4.69) is 15.4 Å². The quantitative estimate of drug-likeness (QED) is 0.423. The smallest absolute Gasteiger partial charge is 0.321 e. The van der Waals surface area contributed by atoms with Gasteiger partial charge >= 0.3 is 6.18 Å². The number of hydrogen-bond donors (Lipinski definition) is 1. The topological polar surface area (TPSA) is 59.8 Å². The van der Waals surface area contributed by atoms with Gasteiger partial charge in [0.1, 0.15) is 11.3 Å². The first-order valence-electron chi connectivity index (χ1n) is 10.2. The van der Waals surface area contributed by atoms with Gasteiger partial charge in [0.2, 0.25) is 5.92 Å². The Morgan fingerprint density at radius 3 is 2.53 bits per heavy atom. The van der Waals surface area contributed by atoms with Crippen LogP contribution in [0.4, 0.5) is 27.6 Å². The minimum atomic E-state index is -4.81. The number of pyridine rings is 1. The monoisotopic (exact) mass is 474 g/mol. The van der Waals surface area contributed by atoms with E-state index >= 15 is 0 Å². The third-order valence-electron chi connectivity index (χ3n) is 6.04. The zero-order valence-electron chi connectivity index (χ0n) is 17.8. The molecule has 2 atom stereocenters. The lowest BCUT2D eigenvalue weighted by Gasteiger charge is -2.44. The number of anilines is 1. The van der Waals surface area contributed by atoms with Crippen LogP contribution in [0.5, 0.6) is 0 Å². The number of nitrogens with one attached hydrogen (secondary N) is 1. The maximum absolute atomic E-state index is 14.1. The van der Waals surface area contributed by atoms with Crippen LogP contribution in [0.1, 0.15) is 60.8 Å². The van der Waals surface area contributed by atoms with Gasteiger partial charge in [-0.2, -0.15) is 18.3 Å². The lowest BCUT2D eigenvalue weighted by atomic mass is 9.67. The van der Waals surface area contributed by atoms with Gasteiger partial charge in [-0.25, -0.2) is 13.8 Å². The molecule has 0 aliphatic heterocycles. The molecule has 2 fully saturated rings. The Labute approximate surface area is 186 Å². The number of carbonyl (C=O) groups excluding carboxylic acids is 1. The molecule has 2 aliphatic carbocycles. The second kappa shape index (κ2) is 7.71. The largest absolute Gasteiger partial charge is 0.420 e. The van der Waals surface area contributed by atoms with Gasteiger partial charge in [-0.3, -0.25) is 9.48 Å². The summed E-state index contributed by atoms with van der Waals surface area (Å²) in [6, 6.07) is 3.03. The molecule has 2 aliphatic rings. The molecule has 32 heavy (non-hydrogen) atoms. The first kappa shape index (κ1) is 23.0. The number of amides is 1. The van der Waals surface area contributed by atoms with E-state index < -0.39 is 53.4 Å². The van der Waals surface area contributed by atoms with Gasteiger partial charge in [0.15, 0.2) is 0 Å². The summed E-state index contributed by atoms with van der Waals surface area (Å²) in [5, 5.41) is 7.27. The SMILES string of the molecule is CSc1cc(NC(=O)c2c(C(F)(F)F)c(C3C[C@@H]3C)nn2CC2(C)CC(F)(F)C2)ccn1. The Kier molecular flexibility index (Phi) is 5.54. The Hall–Kier alpha value is -2.17. The van der Waals surface area contributed by atoms with Gasteiger partial charge < -0.3 is 5.32 Å². The van der Waals surface area contributed by atoms with Crippen molar-refractivity contribution in [2.45, 2.75) is 62.7 Å². The molecule has 1 N–H and O–H groups in total. The Morgan fingerprint density at radius 1 is 1.34 bits per heavy atom. The number of hydrogen-bond acceptors (Lipinski definition) is 4. The molecular formula is C21H23F5N4OS. The molecule has 2 saturated carbocycles. The predicted molar refractivity (Wildman–Crippen MR) is 110 cm³/mol. The fraction of sp³-hybridized carbons (Fsp3) is 0.571. The van der Waals surface area contributed by atoms with Crippen molar-refractivity contribution >= 4 is 23.4 Å². The molecule has 1 amide bonds. The van der Waals surface area contributed by atoms with Gasteiger partial charge in [0, 0.05) is 37.2 Å². The van der Waals surface area contributed by atoms with E-state index in [0.717, 1.165) is 4.68 Å². The first-order valence-corrected chi connectivity index (χ1v) is 11.4. The van der Waals surface area contributed by atoms with E-state index in [1.54, 1.807) is 19.2 Å². The van der Waals surface area contributed by atoms with Crippen molar-refractivity contribution in [3.05, 3.63) is 35.3 Å². The number of thioether (sulfide) groups is 1. The number of carbonyl (C=O) groups is 1. The molecule has 2 aromatic rings. The van der Waals surface area contributed by atoms with E-state index in [0.29, 0.717) is 11.4 Å². The zero-order chi connectivity index (χ0) is 23.5. The second-order valence-electron chi connectivity index (χ2n) is 9.14. The van der Waals surface area contributed by atoms with Crippen LogP contribution in [0.2, 0.25) is 0 Å². The third-order valence-corrected chi connectivity index (χ3v) is 6.68. The van der Waals surface area contributed by atoms with Crippen LogP contribution in [0.15, 0.2) is 23.4 Å². The Balaban J connectivity index is 1.75. The van der Waals surface area contributed by atoms with E-state index in [9.17, 15) is 26.7 Å². The van der Waals surface area contributed by atoms with Crippen molar-refractivity contribution in [2.75, 3.05) is 11.6 Å². The van der Waals surface area contributed by atoms with E-state index in [4.69, 9.17) is 0 Å². The number of alkyl halides is 5. The predicted octanol–water partition coefficient (Wildman–Crippen LogP) is 5.83. The molecule has 11 heteroatoms. The van der Waals surface area contributed by atoms with Crippen LogP contribution in [0, 0.1) is 11.3 Å². The summed E-state index contributed by atoms with van der Waals surface area (Å²) in [7, 11) is 0. The summed E-state index contributed by atoms with van der Waals surface area (Å²) in [6.07, 6.45) is -1.97. The van der Waals surface area contributed by atoms with Crippen molar-refractivity contribution in [3.8, 4) is 0 Å². The average molecular weight is 474 g/mol. The average Bonchev–Trinajstić information content (AvgIpc) is 3.25. The van der Waals surface area contributed by atoms with Crippen LogP contribution in [0.3, 0.4) is 0 Å². The van der Waals surface area contributed by atoms with Crippen LogP contribution in [-0.2, 0) is 12.7 Å². The Morgan fingerprint density at radius 2 is 2.00 bits per heavy atom. The zero-order valence-corrected chi connectivity index (χ0v) is 18.6. The van der Waals surface area contributed by atoms with Gasteiger partial charge in [-0.15, -0.1) is 11.8 Å². The molecule has 1 unspecified atom stereocenters. The lowest BCUT2D eigenvalue weighted by Crippen LogP contribution is -2.47. The highest BCUT2D eigenvalue weighted by Crippen LogP contribution is 2.54. The first-order chi connectivity index (χ1) is 14.8. The Bertz CT molecular complexity index is 1040. The summed E-state index contributed by atoms with van der Waals surface area (Å²) < 4.78 is 70.5. The van der Waals surface area contributed by atoms with Gasteiger partial charge in [-0.1, -0.05) is 13.8 Å². The normalized spacial score (nSPS) is 23.5. The highest BCUT2D eigenvalue weighted by molar-refractivity contribution is 7.98. The molecule has 0 bridgehead atoms. The summed E-state index contributed by atoms with van der Waals surface area (Å²) in [4.78, 5) is 17.2. The van der Waals surface area contributed by atoms with Crippen LogP contribution >= 0.6 is 11.8 Å². The van der Waals surface area contributed by atoms with E-state index in [1.807, 2.05) is 6.92 Å². The standard InChI is InChI=1S/C21H23F5N4OS/c1-11-6-13(11)16-15(21(24,25)26)17(18(31)28-12-4-5-27-14(7-12)32-3)30(29-16)10-19(2)8-20(22,23)9-19/h4-5,7,11,13H,6,8-10H2,1-3H3,(H,27,28,31)/t11-,13?/m0/s1. The molecule has 2 heterocycles. The second-order valence-corrected chi connectivity index (χ2v) is 9.97. The molecule has 4 rings (SSSR count). The van der Waals surface area contributed by atoms with E-state index in [-0.39, 0.29) is 23.8 Å². The van der Waals surface area contributed by atoms with Crippen LogP contribution in [-0.4, -0.2) is 32.8 Å². The molecule has 0 spiro atoms. The molecule has 5 nitrogen and oxygen atoms in total. The number of halogens is 5. The fourth-order valence-electron chi connectivity index (χ4n) is 4.53. The van der Waals surface area contributed by atoms with Gasteiger partial charge in [0.25, 0.3) is 5.91 Å². The summed E-state index contributed by atoms with van der Waals surface area (Å²) in [5.74, 6) is -4.21. The summed E-state index contributed by atoms with van der Waals surface area (Å²) in [6.45, 7) is 3.20. The lowest BCUT2D eigenvalue weighted by molar-refractivity contribution is -0.160. The van der Waals surface area contributed by atoms with Crippen molar-refractivity contribution < 1.29 is 26.7 Å². The minimum absolute atomic E-state index is 0.0170. The summed E-state index contributed by atoms with van der Waals surface area (Å²) >= 11 is 1.32. The highest BCUT2D eigenvalue weighted by atomic mass is 32.2. The van der Waals surface area contributed by atoms with Crippen molar-refractivity contribution in [1.29, 1.82) is 0 Å². The molecule has 0 saturated heterocycles. The fourth-order valence-corrected chi connectivity index (χ4v) is 4.94. The number of nitrogens with zero attached hydrogens (tertiary/aromatic N) is 3. The van der Waals surface area contributed by atoms with Crippen molar-refractivity contribution in [1.82, 2.24) is 14.8 Å². The number of rotatable bonds is 6. The van der Waals surface area contributed by atoms with Crippen LogP contribution < -0.4 is 5.32 Å². The van der Waals surface area contributed by atoms with Crippen molar-refractivity contribution in [2.24, 2.45) is 11.3 Å². The summed E-state index contributed by atoms with van der Waals surface area (Å²) in [5.41, 5.74) is -2.53. The molecule has 0 radical (unpaired) electrons. The molecule has 2 aromatic heterocycles.